The zero-order chi connectivity index (χ0) is 15.6. The zero-order valence-corrected chi connectivity index (χ0v) is 12.2. The average molecular weight is 292 g/mol. The highest BCUT2D eigenvalue weighted by molar-refractivity contribution is 5.81. The molecule has 110 valence electrons. The summed E-state index contributed by atoms with van der Waals surface area (Å²) in [6.07, 6.45) is 1.32. The lowest BCUT2D eigenvalue weighted by atomic mass is 9.83. The number of amides is 1. The third-order valence-electron chi connectivity index (χ3n) is 4.34. The van der Waals surface area contributed by atoms with Crippen LogP contribution in [0.4, 0.5) is 0 Å². The number of benzene rings is 2. The number of fused-ring (bicyclic) bond motifs is 3. The second-order valence-corrected chi connectivity index (χ2v) is 5.45. The quantitative estimate of drug-likeness (QED) is 0.616. The Bertz CT molecular complexity index is 707. The maximum atomic E-state index is 11.1. The van der Waals surface area contributed by atoms with Crippen LogP contribution in [0.3, 0.4) is 0 Å². The molecule has 1 aliphatic rings. The minimum Gasteiger partial charge on any atom is -0.285 e. The van der Waals surface area contributed by atoms with Crippen molar-refractivity contribution in [1.29, 1.82) is 0 Å². The van der Waals surface area contributed by atoms with Crippen LogP contribution in [0.1, 0.15) is 30.4 Å². The molecule has 22 heavy (non-hydrogen) atoms. The van der Waals surface area contributed by atoms with E-state index < -0.39 is 11.4 Å². The summed E-state index contributed by atoms with van der Waals surface area (Å²) < 4.78 is 0. The lowest BCUT2D eigenvalue weighted by Gasteiger charge is -2.27. The Kier molecular flexibility index (Phi) is 3.67. The number of hydrogen-bond donors (Lipinski definition) is 0. The monoisotopic (exact) mass is 292 g/mol. The Labute approximate surface area is 128 Å². The summed E-state index contributed by atoms with van der Waals surface area (Å²) in [5, 5.41) is 2.45. The van der Waals surface area contributed by atoms with Crippen LogP contribution >= 0.6 is 0 Å². The van der Waals surface area contributed by atoms with E-state index in [1.54, 1.807) is 0 Å². The summed E-state index contributed by atoms with van der Waals surface area (Å²) in [6.45, 7) is 3.81. The Morgan fingerprint density at radius 2 is 1.55 bits per heavy atom. The smallest absolute Gasteiger partial charge is 0.285 e. The van der Waals surface area contributed by atoms with Crippen molar-refractivity contribution in [3.8, 4) is 11.1 Å². The number of rotatable bonds is 5. The predicted molar refractivity (Wildman–Crippen MR) is 86.9 cm³/mol. The molecule has 0 unspecified atom stereocenters. The van der Waals surface area contributed by atoms with E-state index in [2.05, 4.69) is 41.2 Å². The lowest BCUT2D eigenvalue weighted by Crippen LogP contribution is -2.22. The Morgan fingerprint density at radius 1 is 1.00 bits per heavy atom. The van der Waals surface area contributed by atoms with Crippen LogP contribution in [-0.4, -0.2) is 12.6 Å². The third kappa shape index (κ3) is 2.08. The van der Waals surface area contributed by atoms with Crippen molar-refractivity contribution in [3.63, 3.8) is 0 Å². The summed E-state index contributed by atoms with van der Waals surface area (Å²) in [7, 11) is 0. The number of carbonyl (C=O) groups excluding carboxylic acids is 1. The van der Waals surface area contributed by atoms with Crippen molar-refractivity contribution in [3.05, 3.63) is 64.6 Å². The van der Waals surface area contributed by atoms with Crippen molar-refractivity contribution >= 4 is 12.6 Å². The Balaban J connectivity index is 2.04. The van der Waals surface area contributed by atoms with Crippen molar-refractivity contribution in [2.75, 3.05) is 0 Å². The van der Waals surface area contributed by atoms with Crippen molar-refractivity contribution < 1.29 is 4.79 Å². The first-order chi connectivity index (χ1) is 10.7. The number of carbonyl (C=O) groups is 1. The van der Waals surface area contributed by atoms with Gasteiger partial charge in [0.2, 0.25) is 0 Å². The molecule has 0 spiro atoms. The van der Waals surface area contributed by atoms with Crippen LogP contribution in [0.25, 0.3) is 11.1 Å². The second-order valence-electron chi connectivity index (χ2n) is 5.45. The van der Waals surface area contributed by atoms with E-state index in [0.29, 0.717) is 12.8 Å². The third-order valence-corrected chi connectivity index (χ3v) is 4.34. The first-order valence-corrected chi connectivity index (χ1v) is 7.26. The SMILES string of the molecule is C=NC1(CCCC(=O)N=O)c2ccccc2-c2ccccc21. The summed E-state index contributed by atoms with van der Waals surface area (Å²) >= 11 is 0. The highest BCUT2D eigenvalue weighted by Gasteiger charge is 2.41. The first-order valence-electron chi connectivity index (χ1n) is 7.26. The highest BCUT2D eigenvalue weighted by Crippen LogP contribution is 2.51. The molecule has 2 aromatic rings. The molecule has 2 aromatic carbocycles. The number of nitrogens with zero attached hydrogens (tertiary/aromatic N) is 2. The number of aliphatic imine (C=N–C) groups is 1. The molecule has 0 saturated carbocycles. The molecule has 0 radical (unpaired) electrons. The van der Waals surface area contributed by atoms with E-state index in [1.807, 2.05) is 24.3 Å². The van der Waals surface area contributed by atoms with Gasteiger partial charge in [0.1, 0.15) is 5.54 Å². The molecule has 0 saturated heterocycles. The molecule has 0 heterocycles. The van der Waals surface area contributed by atoms with Gasteiger partial charge >= 0.3 is 0 Å². The number of nitroso groups, excluding NO2 is 1. The van der Waals surface area contributed by atoms with Crippen LogP contribution in [0.5, 0.6) is 0 Å². The van der Waals surface area contributed by atoms with E-state index in [4.69, 9.17) is 0 Å². The average Bonchev–Trinajstić information content (AvgIpc) is 2.86. The standard InChI is InChI=1S/C18H16N2O2/c1-19-18(12-6-11-17(21)20-22)15-9-4-2-7-13(15)14-8-3-5-10-16(14)18/h2-5,7-10H,1,6,11-12H2. The summed E-state index contributed by atoms with van der Waals surface area (Å²) in [4.78, 5) is 25.8. The van der Waals surface area contributed by atoms with Crippen LogP contribution < -0.4 is 0 Å². The first kappa shape index (κ1) is 14.3. The van der Waals surface area contributed by atoms with E-state index >= 15 is 0 Å². The lowest BCUT2D eigenvalue weighted by molar-refractivity contribution is -0.118. The molecule has 4 nitrogen and oxygen atoms in total. The van der Waals surface area contributed by atoms with Crippen molar-refractivity contribution in [2.45, 2.75) is 24.8 Å². The molecule has 0 fully saturated rings. The van der Waals surface area contributed by atoms with Gasteiger partial charge in [-0.25, -0.2) is 0 Å². The molecular formula is C18H16N2O2. The predicted octanol–water partition coefficient (Wildman–Crippen LogP) is 4.07. The fourth-order valence-corrected chi connectivity index (χ4v) is 3.36. The van der Waals surface area contributed by atoms with E-state index in [9.17, 15) is 9.70 Å². The molecule has 3 rings (SSSR count). The largest absolute Gasteiger partial charge is 0.286 e. The van der Waals surface area contributed by atoms with Crippen molar-refractivity contribution in [2.24, 2.45) is 10.2 Å². The molecule has 1 aliphatic carbocycles. The zero-order valence-electron chi connectivity index (χ0n) is 12.2. The summed E-state index contributed by atoms with van der Waals surface area (Å²) in [5.41, 5.74) is 3.99. The van der Waals surface area contributed by atoms with E-state index in [-0.39, 0.29) is 6.42 Å². The highest BCUT2D eigenvalue weighted by atomic mass is 16.3. The van der Waals surface area contributed by atoms with Gasteiger partial charge in [0.05, 0.1) is 0 Å². The summed E-state index contributed by atoms with van der Waals surface area (Å²) in [6, 6.07) is 16.3. The molecule has 4 heteroatoms. The van der Waals surface area contributed by atoms with Crippen LogP contribution in [0.2, 0.25) is 0 Å². The van der Waals surface area contributed by atoms with Crippen LogP contribution in [0, 0.1) is 4.91 Å². The second kappa shape index (κ2) is 5.64. The minimum absolute atomic E-state index is 0.144. The number of hydrogen-bond acceptors (Lipinski definition) is 3. The minimum atomic E-state index is -0.612. The van der Waals surface area contributed by atoms with Gasteiger partial charge < -0.3 is 0 Å². The molecule has 1 amide bonds. The Hall–Kier alpha value is -2.62. The molecule has 0 N–H and O–H groups in total. The van der Waals surface area contributed by atoms with Gasteiger partial charge in [0.25, 0.3) is 5.91 Å². The Morgan fingerprint density at radius 3 is 2.05 bits per heavy atom. The molecular weight excluding hydrogens is 276 g/mol. The normalized spacial score (nSPS) is 14.0. The topological polar surface area (TPSA) is 58.9 Å². The van der Waals surface area contributed by atoms with Gasteiger partial charge in [0, 0.05) is 11.6 Å². The fraction of sp³-hybridized carbons (Fsp3) is 0.222. The molecule has 0 aliphatic heterocycles. The van der Waals surface area contributed by atoms with E-state index in [0.717, 1.165) is 22.3 Å². The van der Waals surface area contributed by atoms with Crippen LogP contribution in [0.15, 0.2) is 58.7 Å². The molecule has 0 atom stereocenters. The van der Waals surface area contributed by atoms with Gasteiger partial charge in [-0.2, -0.15) is 0 Å². The molecule has 0 bridgehead atoms. The maximum Gasteiger partial charge on any atom is 0.286 e. The van der Waals surface area contributed by atoms with E-state index in [1.165, 1.54) is 0 Å². The van der Waals surface area contributed by atoms with Gasteiger partial charge in [-0.15, -0.1) is 4.91 Å². The summed E-state index contributed by atoms with van der Waals surface area (Å²) in [5.74, 6) is -0.612. The molecule has 0 aromatic heterocycles. The van der Waals surface area contributed by atoms with Gasteiger partial charge in [-0.1, -0.05) is 48.5 Å². The fourth-order valence-electron chi connectivity index (χ4n) is 3.36. The van der Waals surface area contributed by atoms with Crippen molar-refractivity contribution in [1.82, 2.24) is 0 Å². The van der Waals surface area contributed by atoms with Crippen LogP contribution in [-0.2, 0) is 10.3 Å². The maximum absolute atomic E-state index is 11.1. The van der Waals surface area contributed by atoms with Gasteiger partial charge in [0.15, 0.2) is 0 Å². The van der Waals surface area contributed by atoms with Gasteiger partial charge in [-0.05, 0) is 41.8 Å². The van der Waals surface area contributed by atoms with Gasteiger partial charge in [-0.3, -0.25) is 9.79 Å².